The van der Waals surface area contributed by atoms with Gasteiger partial charge in [-0.25, -0.2) is 19.9 Å². The Kier molecular flexibility index (Phi) is 9.40. The highest BCUT2D eigenvalue weighted by molar-refractivity contribution is 6.11. The molecule has 0 aliphatic carbocycles. The number of fused-ring (bicyclic) bond motifs is 4. The second kappa shape index (κ2) is 15.0. The summed E-state index contributed by atoms with van der Waals surface area (Å²) in [5.74, 6) is 3.82. The molecule has 0 saturated heterocycles. The van der Waals surface area contributed by atoms with Crippen molar-refractivity contribution in [1.82, 2.24) is 24.5 Å². The Morgan fingerprint density at radius 1 is 0.532 bits per heavy atom. The van der Waals surface area contributed by atoms with Crippen molar-refractivity contribution in [2.75, 3.05) is 23.5 Å². The molecule has 0 radical (unpaired) electrons. The normalized spacial score (nSPS) is 13.0. The Morgan fingerprint density at radius 2 is 1.15 bits per heavy atom. The molecule has 8 heteroatoms. The highest BCUT2D eigenvalue weighted by Crippen LogP contribution is 2.44. The number of para-hydroxylation sites is 3. The van der Waals surface area contributed by atoms with Crippen LogP contribution < -0.4 is 14.5 Å². The van der Waals surface area contributed by atoms with Crippen molar-refractivity contribution in [3.8, 4) is 51.5 Å². The van der Waals surface area contributed by atoms with Crippen molar-refractivity contribution in [2.24, 2.45) is 0 Å². The van der Waals surface area contributed by atoms with E-state index in [0.29, 0.717) is 29.0 Å². The summed E-state index contributed by atoms with van der Waals surface area (Å²) >= 11 is 0. The van der Waals surface area contributed by atoms with E-state index >= 15 is 0 Å². The van der Waals surface area contributed by atoms with Crippen molar-refractivity contribution in [2.45, 2.75) is 52.4 Å². The van der Waals surface area contributed by atoms with Crippen LogP contribution in [-0.2, 0) is 10.8 Å². The summed E-state index contributed by atoms with van der Waals surface area (Å²) in [5.41, 5.74) is 10.4. The predicted molar refractivity (Wildman–Crippen MR) is 254 cm³/mol. The first kappa shape index (κ1) is 38.9. The van der Waals surface area contributed by atoms with Gasteiger partial charge in [-0.3, -0.25) is 4.57 Å². The van der Waals surface area contributed by atoms with Gasteiger partial charge in [0, 0.05) is 53.0 Å². The van der Waals surface area contributed by atoms with Crippen LogP contribution in [0.5, 0.6) is 11.5 Å². The second-order valence-corrected chi connectivity index (χ2v) is 18.2. The molecule has 0 atom stereocenters. The van der Waals surface area contributed by atoms with Crippen LogP contribution in [0.25, 0.3) is 61.8 Å². The van der Waals surface area contributed by atoms with Gasteiger partial charge >= 0.3 is 0 Å². The Hall–Kier alpha value is -7.32. The number of benzene rings is 6. The zero-order valence-electron chi connectivity index (χ0n) is 36.3. The fraction of sp³-hybridized carbons (Fsp3) is 0.185. The molecule has 8 nitrogen and oxygen atoms in total. The van der Waals surface area contributed by atoms with Crippen LogP contribution >= 0.6 is 0 Å². The maximum Gasteiger partial charge on any atom is 0.167 e. The van der Waals surface area contributed by atoms with Crippen molar-refractivity contribution in [3.63, 3.8) is 0 Å². The molecule has 306 valence electrons. The van der Waals surface area contributed by atoms with E-state index in [1.54, 1.807) is 0 Å². The first-order valence-electron chi connectivity index (χ1n) is 21.2. The average Bonchev–Trinajstić information content (AvgIpc) is 3.79. The standard InChI is InChI=1S/C54H49N7O/c1-53(2,3)37-26-22-35(23-27-37)50-56-51(36-24-28-38(29-25-36)54(4,5)6)58-52(57-50)43-32-42-41-17-8-9-18-44(41)61(49-21-12-13-30-55-49)47(42)33-48(43)62-40-16-14-15-39(31-40)60-34-59(7)45-19-10-11-20-46(45)60/h8-33H,34H2,1-7H3. The van der Waals surface area contributed by atoms with Gasteiger partial charge in [-0.05, 0) is 70.5 Å². The van der Waals surface area contributed by atoms with Gasteiger partial charge in [0.05, 0.1) is 34.6 Å². The molecule has 0 amide bonds. The number of hydrogen-bond acceptors (Lipinski definition) is 7. The molecule has 1 aliphatic heterocycles. The number of nitrogens with zero attached hydrogens (tertiary/aromatic N) is 7. The van der Waals surface area contributed by atoms with E-state index < -0.39 is 0 Å². The first-order chi connectivity index (χ1) is 29.9. The molecule has 0 unspecified atom stereocenters. The lowest BCUT2D eigenvalue weighted by Gasteiger charge is -2.21. The highest BCUT2D eigenvalue weighted by Gasteiger charge is 2.26. The number of anilines is 3. The monoisotopic (exact) mass is 811 g/mol. The lowest BCUT2D eigenvalue weighted by atomic mass is 9.86. The smallest absolute Gasteiger partial charge is 0.167 e. The molecule has 0 bridgehead atoms. The Labute approximate surface area is 363 Å². The van der Waals surface area contributed by atoms with Gasteiger partial charge in [0.15, 0.2) is 17.5 Å². The summed E-state index contributed by atoms with van der Waals surface area (Å²) in [6, 6.07) is 52.7. The number of rotatable bonds is 7. The van der Waals surface area contributed by atoms with E-state index in [2.05, 4.69) is 190 Å². The lowest BCUT2D eigenvalue weighted by molar-refractivity contribution is 0.484. The van der Waals surface area contributed by atoms with Crippen LogP contribution in [0.15, 0.2) is 158 Å². The van der Waals surface area contributed by atoms with Gasteiger partial charge in [-0.1, -0.05) is 133 Å². The highest BCUT2D eigenvalue weighted by atomic mass is 16.5. The molecule has 0 saturated carbocycles. The molecule has 10 rings (SSSR count). The van der Waals surface area contributed by atoms with E-state index in [-0.39, 0.29) is 10.8 Å². The van der Waals surface area contributed by atoms with Gasteiger partial charge in [-0.15, -0.1) is 0 Å². The van der Waals surface area contributed by atoms with Crippen molar-refractivity contribution in [3.05, 3.63) is 169 Å². The summed E-state index contributed by atoms with van der Waals surface area (Å²) in [6.07, 6.45) is 1.83. The van der Waals surface area contributed by atoms with Crippen LogP contribution in [0.2, 0.25) is 0 Å². The van der Waals surface area contributed by atoms with E-state index in [1.165, 1.54) is 16.8 Å². The average molecular weight is 812 g/mol. The van der Waals surface area contributed by atoms with Crippen molar-refractivity contribution >= 4 is 38.9 Å². The number of aromatic nitrogens is 5. The third kappa shape index (κ3) is 7.11. The zero-order valence-corrected chi connectivity index (χ0v) is 36.3. The minimum Gasteiger partial charge on any atom is -0.456 e. The maximum absolute atomic E-state index is 7.10. The van der Waals surface area contributed by atoms with Crippen LogP contribution in [-0.4, -0.2) is 38.2 Å². The maximum atomic E-state index is 7.10. The summed E-state index contributed by atoms with van der Waals surface area (Å²) < 4.78 is 9.30. The minimum absolute atomic E-state index is 0.00421. The largest absolute Gasteiger partial charge is 0.456 e. The molecule has 1 aliphatic rings. The van der Waals surface area contributed by atoms with Crippen LogP contribution in [0.1, 0.15) is 52.7 Å². The molecule has 0 spiro atoms. The Bertz CT molecular complexity index is 3030. The summed E-state index contributed by atoms with van der Waals surface area (Å²) in [7, 11) is 2.12. The summed E-state index contributed by atoms with van der Waals surface area (Å²) in [4.78, 5) is 25.1. The topological polar surface area (TPSA) is 72.2 Å². The molecule has 6 aromatic carbocycles. The van der Waals surface area contributed by atoms with Gasteiger partial charge in [-0.2, -0.15) is 0 Å². The Morgan fingerprint density at radius 3 is 1.79 bits per heavy atom. The molecule has 3 aromatic heterocycles. The van der Waals surface area contributed by atoms with Crippen molar-refractivity contribution < 1.29 is 4.74 Å². The zero-order chi connectivity index (χ0) is 42.8. The third-order valence-electron chi connectivity index (χ3n) is 11.8. The second-order valence-electron chi connectivity index (χ2n) is 18.2. The van der Waals surface area contributed by atoms with E-state index in [4.69, 9.17) is 24.7 Å². The molecular formula is C54H49N7O. The minimum atomic E-state index is 0.00421. The lowest BCUT2D eigenvalue weighted by Crippen LogP contribution is -2.23. The fourth-order valence-electron chi connectivity index (χ4n) is 8.42. The first-order valence-corrected chi connectivity index (χ1v) is 21.2. The molecule has 62 heavy (non-hydrogen) atoms. The van der Waals surface area contributed by atoms with Crippen molar-refractivity contribution in [1.29, 1.82) is 0 Å². The summed E-state index contributed by atoms with van der Waals surface area (Å²) in [6.45, 7) is 14.1. The fourth-order valence-corrected chi connectivity index (χ4v) is 8.42. The van der Waals surface area contributed by atoms with Gasteiger partial charge < -0.3 is 14.5 Å². The van der Waals surface area contributed by atoms with Crippen LogP contribution in [0.3, 0.4) is 0 Å². The van der Waals surface area contributed by atoms with Crippen LogP contribution in [0, 0.1) is 0 Å². The SMILES string of the molecule is CN1CN(c2cccc(Oc3cc4c(cc3-c3nc(-c5ccc(C(C)(C)C)cc5)nc(-c5ccc(C(C)(C)C)cc5)n3)c3ccccc3n4-c3ccccn3)c2)c2ccccc21. The Balaban J connectivity index is 1.19. The van der Waals surface area contributed by atoms with Gasteiger partial charge in [0.1, 0.15) is 17.3 Å². The van der Waals surface area contributed by atoms with Gasteiger partial charge in [0.2, 0.25) is 0 Å². The summed E-state index contributed by atoms with van der Waals surface area (Å²) in [5, 5.41) is 2.12. The van der Waals surface area contributed by atoms with E-state index in [9.17, 15) is 0 Å². The van der Waals surface area contributed by atoms with E-state index in [0.717, 1.165) is 62.4 Å². The predicted octanol–water partition coefficient (Wildman–Crippen LogP) is 13.3. The molecule has 4 heterocycles. The molecule has 0 fully saturated rings. The number of pyridine rings is 1. The van der Waals surface area contributed by atoms with Gasteiger partial charge in [0.25, 0.3) is 0 Å². The van der Waals surface area contributed by atoms with E-state index in [1.807, 2.05) is 30.5 Å². The third-order valence-corrected chi connectivity index (χ3v) is 11.8. The molecule has 9 aromatic rings. The quantitative estimate of drug-likeness (QED) is 0.159. The molecule has 0 N–H and O–H groups in total. The molecular weight excluding hydrogens is 763 g/mol. The number of hydrogen-bond donors (Lipinski definition) is 0. The number of ether oxygens (including phenoxy) is 1. The van der Waals surface area contributed by atoms with Crippen LogP contribution in [0.4, 0.5) is 17.1 Å².